The molecule has 1 saturated heterocycles. The van der Waals surface area contributed by atoms with Gasteiger partial charge in [-0.1, -0.05) is 0 Å². The minimum atomic E-state index is -0.466. The Balaban J connectivity index is 1.64. The van der Waals surface area contributed by atoms with Gasteiger partial charge in [-0.15, -0.1) is 0 Å². The summed E-state index contributed by atoms with van der Waals surface area (Å²) >= 11 is 0. The van der Waals surface area contributed by atoms with E-state index in [9.17, 15) is 14.9 Å². The topological polar surface area (TPSA) is 106 Å². The Labute approximate surface area is 181 Å². The van der Waals surface area contributed by atoms with Gasteiger partial charge in [-0.05, 0) is 25.5 Å². The highest BCUT2D eigenvalue weighted by Crippen LogP contribution is 2.26. The van der Waals surface area contributed by atoms with E-state index in [1.165, 1.54) is 6.07 Å². The van der Waals surface area contributed by atoms with Crippen LogP contribution in [-0.4, -0.2) is 76.9 Å². The molecule has 2 heterocycles. The Morgan fingerprint density at radius 2 is 2.13 bits per heavy atom. The first-order valence-corrected chi connectivity index (χ1v) is 10.6. The van der Waals surface area contributed by atoms with E-state index < -0.39 is 4.92 Å². The van der Waals surface area contributed by atoms with Crippen LogP contribution in [0.4, 0.5) is 11.4 Å². The van der Waals surface area contributed by atoms with E-state index in [2.05, 4.69) is 28.4 Å². The molecule has 10 heteroatoms. The Bertz CT molecular complexity index is 900. The molecule has 1 aliphatic heterocycles. The SMILES string of the molecule is CCn1cc(CN2CCCN(C(=O)c3ccc(NCCOC)c([N+](=O)[O-])c3)CC2)cn1. The summed E-state index contributed by atoms with van der Waals surface area (Å²) in [5.41, 5.74) is 1.77. The van der Waals surface area contributed by atoms with Crippen LogP contribution in [0.5, 0.6) is 0 Å². The number of anilines is 1. The fourth-order valence-electron chi connectivity index (χ4n) is 3.69. The monoisotopic (exact) mass is 430 g/mol. The van der Waals surface area contributed by atoms with Gasteiger partial charge in [-0.25, -0.2) is 0 Å². The van der Waals surface area contributed by atoms with E-state index in [1.54, 1.807) is 24.1 Å². The first-order valence-electron chi connectivity index (χ1n) is 10.6. The molecular formula is C21H30N6O4. The number of nitrogens with zero attached hydrogens (tertiary/aromatic N) is 5. The number of hydrogen-bond donors (Lipinski definition) is 1. The third kappa shape index (κ3) is 6.02. The maximum atomic E-state index is 13.0. The molecule has 10 nitrogen and oxygen atoms in total. The molecule has 0 radical (unpaired) electrons. The molecule has 1 aliphatic rings. The summed E-state index contributed by atoms with van der Waals surface area (Å²) in [5, 5.41) is 18.8. The number of benzene rings is 1. The smallest absolute Gasteiger partial charge is 0.293 e. The maximum Gasteiger partial charge on any atom is 0.293 e. The number of methoxy groups -OCH3 is 1. The Hall–Kier alpha value is -2.98. The van der Waals surface area contributed by atoms with Crippen LogP contribution in [0.15, 0.2) is 30.6 Å². The quantitative estimate of drug-likeness (QED) is 0.369. The average molecular weight is 431 g/mol. The van der Waals surface area contributed by atoms with Crippen molar-refractivity contribution in [2.24, 2.45) is 0 Å². The number of amides is 1. The van der Waals surface area contributed by atoms with Gasteiger partial charge in [0.15, 0.2) is 0 Å². The number of nitrogens with one attached hydrogen (secondary N) is 1. The van der Waals surface area contributed by atoms with Crippen LogP contribution in [-0.2, 0) is 17.8 Å². The lowest BCUT2D eigenvalue weighted by molar-refractivity contribution is -0.384. The zero-order valence-electron chi connectivity index (χ0n) is 18.1. The lowest BCUT2D eigenvalue weighted by Gasteiger charge is -2.22. The first-order chi connectivity index (χ1) is 15.0. The lowest BCUT2D eigenvalue weighted by Crippen LogP contribution is -2.35. The number of carbonyl (C=O) groups is 1. The normalized spacial score (nSPS) is 15.0. The van der Waals surface area contributed by atoms with Crippen molar-refractivity contribution in [2.75, 3.05) is 51.8 Å². The van der Waals surface area contributed by atoms with Gasteiger partial charge >= 0.3 is 0 Å². The van der Waals surface area contributed by atoms with Crippen molar-refractivity contribution in [2.45, 2.75) is 26.4 Å². The van der Waals surface area contributed by atoms with Crippen molar-refractivity contribution in [3.05, 3.63) is 51.8 Å². The molecule has 0 spiro atoms. The van der Waals surface area contributed by atoms with Gasteiger partial charge in [0.25, 0.3) is 11.6 Å². The molecule has 1 N–H and O–H groups in total. The molecule has 3 rings (SSSR count). The second-order valence-electron chi connectivity index (χ2n) is 7.53. The van der Waals surface area contributed by atoms with Crippen LogP contribution in [0.25, 0.3) is 0 Å². The minimum Gasteiger partial charge on any atom is -0.383 e. The standard InChI is InChI=1S/C21H30N6O4/c1-3-26-16-17(14-23-26)15-24-8-4-9-25(11-10-24)21(28)18-5-6-19(22-7-12-31-2)20(13-18)27(29)30/h5-6,13-14,16,22H,3-4,7-12,15H2,1-2H3. The van der Waals surface area contributed by atoms with Gasteiger partial charge in [0.1, 0.15) is 5.69 Å². The van der Waals surface area contributed by atoms with Gasteiger partial charge in [-0.3, -0.25) is 24.5 Å². The molecule has 168 valence electrons. The van der Waals surface area contributed by atoms with Gasteiger partial charge in [-0.2, -0.15) is 5.10 Å². The Kier molecular flexibility index (Phi) is 7.96. The van der Waals surface area contributed by atoms with E-state index in [-0.39, 0.29) is 11.6 Å². The Morgan fingerprint density at radius 1 is 1.29 bits per heavy atom. The molecule has 31 heavy (non-hydrogen) atoms. The third-order valence-corrected chi connectivity index (χ3v) is 5.36. The first kappa shape index (κ1) is 22.7. The predicted molar refractivity (Wildman–Crippen MR) is 117 cm³/mol. The van der Waals surface area contributed by atoms with Crippen molar-refractivity contribution in [3.63, 3.8) is 0 Å². The van der Waals surface area contributed by atoms with Crippen LogP contribution in [0.3, 0.4) is 0 Å². The summed E-state index contributed by atoms with van der Waals surface area (Å²) in [6.07, 6.45) is 4.79. The zero-order valence-corrected chi connectivity index (χ0v) is 18.1. The van der Waals surface area contributed by atoms with Crippen molar-refractivity contribution < 1.29 is 14.5 Å². The Morgan fingerprint density at radius 3 is 2.84 bits per heavy atom. The highest BCUT2D eigenvalue weighted by Gasteiger charge is 2.23. The fourth-order valence-corrected chi connectivity index (χ4v) is 3.69. The van der Waals surface area contributed by atoms with Crippen molar-refractivity contribution in [1.82, 2.24) is 19.6 Å². The molecular weight excluding hydrogens is 400 g/mol. The van der Waals surface area contributed by atoms with E-state index >= 15 is 0 Å². The molecule has 0 bridgehead atoms. The van der Waals surface area contributed by atoms with Crippen molar-refractivity contribution in [3.8, 4) is 0 Å². The fraction of sp³-hybridized carbons (Fsp3) is 0.524. The van der Waals surface area contributed by atoms with Gasteiger partial charge in [0.2, 0.25) is 0 Å². The van der Waals surface area contributed by atoms with Gasteiger partial charge < -0.3 is 15.0 Å². The number of ether oxygens (including phenoxy) is 1. The lowest BCUT2D eigenvalue weighted by atomic mass is 10.1. The number of carbonyl (C=O) groups excluding carboxylic acids is 1. The summed E-state index contributed by atoms with van der Waals surface area (Å²) in [7, 11) is 1.57. The molecule has 1 amide bonds. The highest BCUT2D eigenvalue weighted by molar-refractivity contribution is 5.95. The summed E-state index contributed by atoms with van der Waals surface area (Å²) in [6, 6.07) is 4.60. The summed E-state index contributed by atoms with van der Waals surface area (Å²) in [5.74, 6) is -0.174. The van der Waals surface area contributed by atoms with Gasteiger partial charge in [0.05, 0.1) is 17.7 Å². The second-order valence-corrected chi connectivity index (χ2v) is 7.53. The van der Waals surface area contributed by atoms with Crippen molar-refractivity contribution >= 4 is 17.3 Å². The summed E-state index contributed by atoms with van der Waals surface area (Å²) in [4.78, 5) is 28.2. The van der Waals surface area contributed by atoms with E-state index in [1.807, 2.05) is 10.9 Å². The van der Waals surface area contributed by atoms with Crippen LogP contribution >= 0.6 is 0 Å². The molecule has 1 fully saturated rings. The highest BCUT2D eigenvalue weighted by atomic mass is 16.6. The predicted octanol–water partition coefficient (Wildman–Crippen LogP) is 2.22. The number of rotatable bonds is 9. The minimum absolute atomic E-state index is 0.105. The molecule has 0 atom stereocenters. The number of aromatic nitrogens is 2. The molecule has 0 saturated carbocycles. The third-order valence-electron chi connectivity index (χ3n) is 5.36. The van der Waals surface area contributed by atoms with Crippen molar-refractivity contribution in [1.29, 1.82) is 0 Å². The maximum absolute atomic E-state index is 13.0. The number of hydrogen-bond acceptors (Lipinski definition) is 7. The largest absolute Gasteiger partial charge is 0.383 e. The molecule has 0 unspecified atom stereocenters. The molecule has 1 aromatic carbocycles. The molecule has 0 aliphatic carbocycles. The number of aryl methyl sites for hydroxylation is 1. The summed E-state index contributed by atoms with van der Waals surface area (Å²) in [6.45, 7) is 7.44. The van der Waals surface area contributed by atoms with E-state index in [4.69, 9.17) is 4.74 Å². The summed E-state index contributed by atoms with van der Waals surface area (Å²) < 4.78 is 6.87. The van der Waals surface area contributed by atoms with Crippen LogP contribution in [0.2, 0.25) is 0 Å². The number of nitro groups is 1. The van der Waals surface area contributed by atoms with Crippen LogP contribution in [0, 0.1) is 10.1 Å². The molecule has 1 aromatic heterocycles. The molecule has 2 aromatic rings. The van der Waals surface area contributed by atoms with Crippen LogP contribution < -0.4 is 5.32 Å². The van der Waals surface area contributed by atoms with Crippen LogP contribution in [0.1, 0.15) is 29.3 Å². The van der Waals surface area contributed by atoms with E-state index in [0.717, 1.165) is 38.2 Å². The number of nitro benzene ring substituents is 1. The van der Waals surface area contributed by atoms with E-state index in [0.29, 0.717) is 37.5 Å². The second kappa shape index (κ2) is 10.9. The zero-order chi connectivity index (χ0) is 22.2. The van der Waals surface area contributed by atoms with Gasteiger partial charge in [0, 0.05) is 76.3 Å². The average Bonchev–Trinajstić information content (AvgIpc) is 3.10.